The summed E-state index contributed by atoms with van der Waals surface area (Å²) in [5.41, 5.74) is 1.55. The van der Waals surface area contributed by atoms with E-state index in [2.05, 4.69) is 21.8 Å². The molecular weight excluding hydrogens is 448 g/mol. The Labute approximate surface area is 204 Å². The number of rotatable bonds is 12. The van der Waals surface area contributed by atoms with E-state index < -0.39 is 0 Å². The van der Waals surface area contributed by atoms with Crippen molar-refractivity contribution in [3.63, 3.8) is 0 Å². The van der Waals surface area contributed by atoms with Crippen molar-refractivity contribution in [1.82, 2.24) is 20.1 Å². The molecule has 1 N–H and O–H groups in total. The van der Waals surface area contributed by atoms with Crippen molar-refractivity contribution in [2.45, 2.75) is 19.3 Å². The van der Waals surface area contributed by atoms with E-state index in [1.165, 1.54) is 0 Å². The lowest BCUT2D eigenvalue weighted by Crippen LogP contribution is -2.30. The molecule has 0 unspecified atom stereocenters. The predicted octanol–water partition coefficient (Wildman–Crippen LogP) is 3.05. The van der Waals surface area contributed by atoms with Crippen molar-refractivity contribution in [3.8, 4) is 28.6 Å². The van der Waals surface area contributed by atoms with Gasteiger partial charge in [0.15, 0.2) is 17.3 Å². The molecule has 9 nitrogen and oxygen atoms in total. The van der Waals surface area contributed by atoms with Crippen LogP contribution in [0.1, 0.15) is 17.7 Å². The Hall–Kier alpha value is -4.14. The molecule has 3 aromatic rings. The minimum Gasteiger partial charge on any atom is -0.493 e. The number of aromatic nitrogens is 3. The quantitative estimate of drug-likeness (QED) is 0.399. The number of amides is 1. The summed E-state index contributed by atoms with van der Waals surface area (Å²) < 4.78 is 16.1. The second-order valence-corrected chi connectivity index (χ2v) is 7.83. The number of aromatic amines is 1. The highest BCUT2D eigenvalue weighted by Gasteiger charge is 2.13. The van der Waals surface area contributed by atoms with Crippen LogP contribution < -0.4 is 19.8 Å². The van der Waals surface area contributed by atoms with Crippen LogP contribution in [0.2, 0.25) is 0 Å². The zero-order valence-corrected chi connectivity index (χ0v) is 20.2. The molecule has 1 heterocycles. The number of aryl methyl sites for hydroxylation is 1. The van der Waals surface area contributed by atoms with Gasteiger partial charge in [-0.3, -0.25) is 9.59 Å². The van der Waals surface area contributed by atoms with Gasteiger partial charge in [0, 0.05) is 32.0 Å². The first-order valence-corrected chi connectivity index (χ1v) is 11.2. The van der Waals surface area contributed by atoms with E-state index in [1.807, 2.05) is 18.2 Å². The number of benzene rings is 2. The van der Waals surface area contributed by atoms with Crippen molar-refractivity contribution in [2.24, 2.45) is 0 Å². The van der Waals surface area contributed by atoms with Gasteiger partial charge in [0.05, 0.1) is 14.2 Å². The maximum Gasteiger partial charge on any atom is 0.273 e. The molecular formula is C26H30N4O5. The van der Waals surface area contributed by atoms with Gasteiger partial charge >= 0.3 is 0 Å². The highest BCUT2D eigenvalue weighted by molar-refractivity contribution is 5.76. The van der Waals surface area contributed by atoms with E-state index in [9.17, 15) is 9.59 Å². The number of nitrogens with zero attached hydrogens (tertiary/aromatic N) is 3. The van der Waals surface area contributed by atoms with Gasteiger partial charge in [-0.05, 0) is 36.2 Å². The molecule has 0 aliphatic heterocycles. The van der Waals surface area contributed by atoms with Gasteiger partial charge in [0.25, 0.3) is 5.56 Å². The molecule has 0 spiro atoms. The van der Waals surface area contributed by atoms with Gasteiger partial charge in [-0.15, -0.1) is 10.2 Å². The minimum absolute atomic E-state index is 0.0807. The van der Waals surface area contributed by atoms with E-state index in [0.29, 0.717) is 48.2 Å². The summed E-state index contributed by atoms with van der Waals surface area (Å²) in [4.78, 5) is 29.5. The molecule has 1 amide bonds. The van der Waals surface area contributed by atoms with Crippen LogP contribution in [0, 0.1) is 0 Å². The highest BCUT2D eigenvalue weighted by atomic mass is 16.5. The summed E-state index contributed by atoms with van der Waals surface area (Å²) in [5.74, 6) is 2.20. The van der Waals surface area contributed by atoms with Crippen LogP contribution in [-0.4, -0.2) is 60.4 Å². The van der Waals surface area contributed by atoms with Crippen molar-refractivity contribution >= 4 is 5.91 Å². The van der Waals surface area contributed by atoms with Crippen LogP contribution in [0.4, 0.5) is 0 Å². The number of carbonyl (C=O) groups is 1. The largest absolute Gasteiger partial charge is 0.493 e. The molecule has 184 valence electrons. The fraction of sp³-hybridized carbons (Fsp3) is 0.308. The summed E-state index contributed by atoms with van der Waals surface area (Å²) in [7, 11) is 4.92. The number of ether oxygens (including phenoxy) is 3. The van der Waals surface area contributed by atoms with Gasteiger partial charge in [0.1, 0.15) is 18.1 Å². The number of methoxy groups -OCH3 is 2. The molecule has 0 bridgehead atoms. The zero-order valence-electron chi connectivity index (χ0n) is 20.2. The zero-order chi connectivity index (χ0) is 25.2. The SMILES string of the molecule is C=CCOc1cccc(-c2nnc(CCC(=O)N(C)CCc3ccc(OC)c(OC)c3)c(=O)[nH]2)c1. The van der Waals surface area contributed by atoms with Crippen LogP contribution in [0.5, 0.6) is 17.2 Å². The van der Waals surface area contributed by atoms with Crippen molar-refractivity contribution in [3.05, 3.63) is 76.7 Å². The number of carbonyl (C=O) groups excluding carboxylic acids is 1. The summed E-state index contributed by atoms with van der Waals surface area (Å²) in [6.45, 7) is 4.53. The van der Waals surface area contributed by atoms with Gasteiger partial charge in [-0.25, -0.2) is 0 Å². The standard InChI is InChI=1S/C26H30N4O5/c1-5-15-35-20-8-6-7-19(17-20)25-27-26(32)21(28-29-25)10-12-24(31)30(2)14-13-18-9-11-22(33-3)23(16-18)34-4/h5-9,11,16-17H,1,10,12-15H2,2-4H3,(H,27,29,32). The molecule has 0 saturated heterocycles. The van der Waals surface area contributed by atoms with E-state index in [-0.39, 0.29) is 30.0 Å². The Morgan fingerprint density at radius 3 is 2.60 bits per heavy atom. The number of likely N-dealkylation sites (N-methyl/N-ethyl adjacent to an activating group) is 1. The van der Waals surface area contributed by atoms with Gasteiger partial charge in [-0.1, -0.05) is 30.9 Å². The van der Waals surface area contributed by atoms with Crippen LogP contribution in [0.25, 0.3) is 11.4 Å². The summed E-state index contributed by atoms with van der Waals surface area (Å²) in [5, 5.41) is 8.19. The van der Waals surface area contributed by atoms with Crippen molar-refractivity contribution in [2.75, 3.05) is 34.4 Å². The van der Waals surface area contributed by atoms with E-state index in [1.54, 1.807) is 56.5 Å². The Balaban J connectivity index is 1.56. The fourth-order valence-corrected chi connectivity index (χ4v) is 3.42. The molecule has 0 fully saturated rings. The molecule has 0 saturated carbocycles. The monoisotopic (exact) mass is 478 g/mol. The van der Waals surface area contributed by atoms with Crippen LogP contribution in [-0.2, 0) is 17.6 Å². The number of hydrogen-bond donors (Lipinski definition) is 1. The third-order valence-electron chi connectivity index (χ3n) is 5.43. The Bertz CT molecular complexity index is 1220. The first kappa shape index (κ1) is 25.5. The third kappa shape index (κ3) is 6.92. The molecule has 35 heavy (non-hydrogen) atoms. The average Bonchev–Trinajstić information content (AvgIpc) is 2.89. The smallest absolute Gasteiger partial charge is 0.273 e. The molecule has 0 radical (unpaired) electrons. The molecule has 0 aliphatic rings. The average molecular weight is 479 g/mol. The Morgan fingerprint density at radius 2 is 1.89 bits per heavy atom. The Morgan fingerprint density at radius 1 is 1.09 bits per heavy atom. The second kappa shape index (κ2) is 12.4. The van der Waals surface area contributed by atoms with Gasteiger partial charge < -0.3 is 24.1 Å². The minimum atomic E-state index is -0.367. The first-order valence-electron chi connectivity index (χ1n) is 11.2. The normalized spacial score (nSPS) is 10.5. The molecule has 9 heteroatoms. The van der Waals surface area contributed by atoms with Crippen LogP contribution in [0.15, 0.2) is 59.9 Å². The number of nitrogens with one attached hydrogen (secondary N) is 1. The first-order chi connectivity index (χ1) is 16.9. The molecule has 1 aromatic heterocycles. The van der Waals surface area contributed by atoms with Crippen LogP contribution in [0.3, 0.4) is 0 Å². The third-order valence-corrected chi connectivity index (χ3v) is 5.43. The van der Waals surface area contributed by atoms with Gasteiger partial charge in [0.2, 0.25) is 5.91 Å². The second-order valence-electron chi connectivity index (χ2n) is 7.83. The van der Waals surface area contributed by atoms with E-state index >= 15 is 0 Å². The van der Waals surface area contributed by atoms with E-state index in [4.69, 9.17) is 14.2 Å². The number of hydrogen-bond acceptors (Lipinski definition) is 7. The summed E-state index contributed by atoms with van der Waals surface area (Å²) in [6, 6.07) is 12.9. The number of H-pyrrole nitrogens is 1. The fourth-order valence-electron chi connectivity index (χ4n) is 3.42. The topological polar surface area (TPSA) is 107 Å². The molecule has 0 aliphatic carbocycles. The maximum absolute atomic E-state index is 12.6. The lowest BCUT2D eigenvalue weighted by atomic mass is 10.1. The highest BCUT2D eigenvalue weighted by Crippen LogP contribution is 2.27. The summed E-state index contributed by atoms with van der Waals surface area (Å²) in [6.07, 6.45) is 2.67. The van der Waals surface area contributed by atoms with Crippen molar-refractivity contribution < 1.29 is 19.0 Å². The molecule has 3 rings (SSSR count). The van der Waals surface area contributed by atoms with Gasteiger partial charge in [-0.2, -0.15) is 0 Å². The maximum atomic E-state index is 12.6. The Kier molecular flexibility index (Phi) is 9.00. The molecule has 2 aromatic carbocycles. The lowest BCUT2D eigenvalue weighted by molar-refractivity contribution is -0.129. The van der Waals surface area contributed by atoms with Crippen LogP contribution >= 0.6 is 0 Å². The lowest BCUT2D eigenvalue weighted by Gasteiger charge is -2.17. The van der Waals surface area contributed by atoms with Crippen molar-refractivity contribution in [1.29, 1.82) is 0 Å². The van der Waals surface area contributed by atoms with E-state index in [0.717, 1.165) is 5.56 Å². The molecule has 0 atom stereocenters. The summed E-state index contributed by atoms with van der Waals surface area (Å²) >= 11 is 0. The predicted molar refractivity (Wildman–Crippen MR) is 133 cm³/mol.